The Morgan fingerprint density at radius 3 is 2.52 bits per heavy atom. The van der Waals surface area contributed by atoms with Gasteiger partial charge in [0.25, 0.3) is 5.56 Å². The number of aromatic nitrogens is 2. The number of aromatic amines is 1. The van der Waals surface area contributed by atoms with Gasteiger partial charge in [-0.25, -0.2) is 9.18 Å². The molecule has 4 aromatic rings. The van der Waals surface area contributed by atoms with Crippen LogP contribution in [0.2, 0.25) is 0 Å². The molecule has 31 heavy (non-hydrogen) atoms. The molecule has 0 aliphatic heterocycles. The molecule has 0 aliphatic rings. The SMILES string of the molecule is COc1c(C)cc(-n2ccc(=O)[nH]c2=O)c(F)c1-c1ccc2cc(NSC)ccc2c1. The Labute approximate surface area is 181 Å². The number of ether oxygens (including phenoxy) is 1. The lowest BCUT2D eigenvalue weighted by Gasteiger charge is -2.17. The number of anilines is 1. The van der Waals surface area contributed by atoms with Crippen LogP contribution in [0, 0.1) is 12.7 Å². The van der Waals surface area contributed by atoms with Crippen molar-refractivity contribution in [3.8, 4) is 22.6 Å². The molecule has 1 heterocycles. The molecule has 0 unspecified atom stereocenters. The zero-order valence-corrected chi connectivity index (χ0v) is 18.0. The van der Waals surface area contributed by atoms with Crippen LogP contribution < -0.4 is 20.7 Å². The van der Waals surface area contributed by atoms with Gasteiger partial charge in [-0.15, -0.1) is 0 Å². The number of H-pyrrole nitrogens is 1. The van der Waals surface area contributed by atoms with E-state index in [-0.39, 0.29) is 11.3 Å². The van der Waals surface area contributed by atoms with Gasteiger partial charge in [-0.05, 0) is 53.1 Å². The Morgan fingerprint density at radius 1 is 1.06 bits per heavy atom. The first-order chi connectivity index (χ1) is 14.9. The summed E-state index contributed by atoms with van der Waals surface area (Å²) in [6, 6.07) is 14.3. The Bertz CT molecular complexity index is 1410. The van der Waals surface area contributed by atoms with E-state index >= 15 is 4.39 Å². The number of nitrogens with zero attached hydrogens (tertiary/aromatic N) is 1. The van der Waals surface area contributed by atoms with Gasteiger partial charge in [-0.2, -0.15) is 0 Å². The van der Waals surface area contributed by atoms with E-state index in [1.165, 1.54) is 37.4 Å². The summed E-state index contributed by atoms with van der Waals surface area (Å²) < 4.78 is 25.6. The van der Waals surface area contributed by atoms with Crippen LogP contribution in [-0.2, 0) is 0 Å². The number of aryl methyl sites for hydroxylation is 1. The second-order valence-corrected chi connectivity index (χ2v) is 7.61. The van der Waals surface area contributed by atoms with Crippen molar-refractivity contribution in [2.75, 3.05) is 18.1 Å². The Kier molecular flexibility index (Phi) is 5.56. The number of halogens is 1. The van der Waals surface area contributed by atoms with E-state index in [0.717, 1.165) is 21.0 Å². The third kappa shape index (κ3) is 3.82. The number of rotatable bonds is 5. The van der Waals surface area contributed by atoms with E-state index < -0.39 is 17.1 Å². The molecule has 0 atom stereocenters. The summed E-state index contributed by atoms with van der Waals surface area (Å²) in [4.78, 5) is 25.8. The maximum absolute atomic E-state index is 15.8. The van der Waals surface area contributed by atoms with E-state index in [4.69, 9.17) is 4.74 Å². The standard InChI is InChI=1S/C23H20FN3O3S/c1-13-10-18(27-9-8-19(28)25-23(27)29)21(24)20(22(13)30-2)16-5-4-15-12-17(26-31-3)7-6-14(15)11-16/h4-12,26H,1-3H3,(H,25,28,29). The first-order valence-corrected chi connectivity index (χ1v) is 10.7. The Hall–Kier alpha value is -3.52. The Morgan fingerprint density at radius 2 is 1.81 bits per heavy atom. The van der Waals surface area contributed by atoms with Crippen molar-refractivity contribution in [1.82, 2.24) is 9.55 Å². The fourth-order valence-corrected chi connectivity index (χ4v) is 4.01. The number of hydrogen-bond acceptors (Lipinski definition) is 5. The molecule has 1 aromatic heterocycles. The van der Waals surface area contributed by atoms with Crippen molar-refractivity contribution >= 4 is 28.4 Å². The highest BCUT2D eigenvalue weighted by atomic mass is 32.2. The quantitative estimate of drug-likeness (QED) is 0.450. The maximum Gasteiger partial charge on any atom is 0.333 e. The first kappa shape index (κ1) is 20.7. The molecule has 0 saturated heterocycles. The molecule has 158 valence electrons. The van der Waals surface area contributed by atoms with Gasteiger partial charge in [0.2, 0.25) is 0 Å². The highest BCUT2D eigenvalue weighted by molar-refractivity contribution is 7.99. The normalized spacial score (nSPS) is 11.0. The summed E-state index contributed by atoms with van der Waals surface area (Å²) in [7, 11) is 1.48. The summed E-state index contributed by atoms with van der Waals surface area (Å²) in [5, 5.41) is 1.95. The van der Waals surface area contributed by atoms with E-state index in [9.17, 15) is 9.59 Å². The van der Waals surface area contributed by atoms with E-state index in [1.54, 1.807) is 6.92 Å². The van der Waals surface area contributed by atoms with Crippen molar-refractivity contribution < 1.29 is 9.13 Å². The summed E-state index contributed by atoms with van der Waals surface area (Å²) >= 11 is 1.51. The predicted octanol–water partition coefficient (Wildman–Crippen LogP) is 4.49. The summed E-state index contributed by atoms with van der Waals surface area (Å²) in [6.45, 7) is 1.78. The van der Waals surface area contributed by atoms with Gasteiger partial charge in [0.05, 0.1) is 18.4 Å². The van der Waals surface area contributed by atoms with Crippen molar-refractivity contribution in [1.29, 1.82) is 0 Å². The topological polar surface area (TPSA) is 76.1 Å². The highest BCUT2D eigenvalue weighted by Gasteiger charge is 2.21. The molecule has 6 nitrogen and oxygen atoms in total. The molecule has 0 radical (unpaired) electrons. The average molecular weight is 437 g/mol. The zero-order chi connectivity index (χ0) is 22.1. The van der Waals surface area contributed by atoms with Gasteiger partial charge in [-0.1, -0.05) is 30.1 Å². The third-order valence-corrected chi connectivity index (χ3v) is 5.46. The lowest BCUT2D eigenvalue weighted by Crippen LogP contribution is -2.28. The predicted molar refractivity (Wildman–Crippen MR) is 124 cm³/mol. The van der Waals surface area contributed by atoms with Gasteiger partial charge < -0.3 is 9.46 Å². The number of hydrogen-bond donors (Lipinski definition) is 2. The summed E-state index contributed by atoms with van der Waals surface area (Å²) in [5.74, 6) is -0.227. The second kappa shape index (κ2) is 8.31. The smallest absolute Gasteiger partial charge is 0.333 e. The van der Waals surface area contributed by atoms with Crippen LogP contribution in [-0.4, -0.2) is 22.9 Å². The largest absolute Gasteiger partial charge is 0.496 e. The van der Waals surface area contributed by atoms with Gasteiger partial charge in [-0.3, -0.25) is 14.3 Å². The molecule has 4 rings (SSSR count). The third-order valence-electron chi connectivity index (χ3n) is 5.02. The molecule has 0 spiro atoms. The maximum atomic E-state index is 15.8. The van der Waals surface area contributed by atoms with Crippen LogP contribution in [0.25, 0.3) is 27.6 Å². The van der Waals surface area contributed by atoms with Crippen LogP contribution >= 0.6 is 11.9 Å². The minimum absolute atomic E-state index is 0.0363. The van der Waals surface area contributed by atoms with Crippen LogP contribution in [0.5, 0.6) is 5.75 Å². The van der Waals surface area contributed by atoms with Crippen LogP contribution in [0.4, 0.5) is 10.1 Å². The van der Waals surface area contributed by atoms with Crippen molar-refractivity contribution in [2.45, 2.75) is 6.92 Å². The molecule has 0 saturated carbocycles. The van der Waals surface area contributed by atoms with E-state index in [0.29, 0.717) is 16.9 Å². The molecule has 0 bridgehead atoms. The minimum Gasteiger partial charge on any atom is -0.496 e. The van der Waals surface area contributed by atoms with Gasteiger partial charge in [0.15, 0.2) is 5.82 Å². The lowest BCUT2D eigenvalue weighted by atomic mass is 9.97. The van der Waals surface area contributed by atoms with Gasteiger partial charge >= 0.3 is 5.69 Å². The molecular weight excluding hydrogens is 417 g/mol. The lowest BCUT2D eigenvalue weighted by molar-refractivity contribution is 0.410. The molecule has 0 fully saturated rings. The molecular formula is C23H20FN3O3S. The molecule has 3 aromatic carbocycles. The molecule has 0 aliphatic carbocycles. The second-order valence-electron chi connectivity index (χ2n) is 7.00. The number of fused-ring (bicyclic) bond motifs is 1. The number of benzene rings is 3. The fraction of sp³-hybridized carbons (Fsp3) is 0.130. The number of nitrogens with one attached hydrogen (secondary N) is 2. The Balaban J connectivity index is 1.95. The van der Waals surface area contributed by atoms with Crippen molar-refractivity contribution in [3.05, 3.63) is 86.9 Å². The van der Waals surface area contributed by atoms with Gasteiger partial charge in [0.1, 0.15) is 5.75 Å². The van der Waals surface area contributed by atoms with Crippen LogP contribution in [0.1, 0.15) is 5.56 Å². The van der Waals surface area contributed by atoms with Gasteiger partial charge in [0, 0.05) is 24.2 Å². The minimum atomic E-state index is -0.714. The zero-order valence-electron chi connectivity index (χ0n) is 17.2. The fourth-order valence-electron chi connectivity index (χ4n) is 3.64. The monoisotopic (exact) mass is 437 g/mol. The van der Waals surface area contributed by atoms with E-state index in [1.807, 2.05) is 42.7 Å². The van der Waals surface area contributed by atoms with E-state index in [2.05, 4.69) is 9.71 Å². The van der Waals surface area contributed by atoms with Crippen LogP contribution in [0.15, 0.2) is 64.3 Å². The first-order valence-electron chi connectivity index (χ1n) is 9.45. The molecule has 8 heteroatoms. The summed E-state index contributed by atoms with van der Waals surface area (Å²) in [6.07, 6.45) is 3.21. The molecule has 2 N–H and O–H groups in total. The number of methoxy groups -OCH3 is 1. The molecule has 0 amide bonds. The highest BCUT2D eigenvalue weighted by Crippen LogP contribution is 2.39. The summed E-state index contributed by atoms with van der Waals surface area (Å²) in [5.41, 5.74) is 1.29. The average Bonchev–Trinajstić information content (AvgIpc) is 2.75. The van der Waals surface area contributed by atoms with Crippen LogP contribution in [0.3, 0.4) is 0 Å². The van der Waals surface area contributed by atoms with Crippen molar-refractivity contribution in [3.63, 3.8) is 0 Å². The van der Waals surface area contributed by atoms with Crippen molar-refractivity contribution in [2.24, 2.45) is 0 Å².